The Morgan fingerprint density at radius 3 is 2.59 bits per heavy atom. The third-order valence-electron chi connectivity index (χ3n) is 2.55. The first-order valence-electron chi connectivity index (χ1n) is 5.29. The zero-order chi connectivity index (χ0) is 13.2. The average molecular weight is 260 g/mol. The molecule has 0 saturated carbocycles. The third kappa shape index (κ3) is 3.41. The Bertz CT molecular complexity index is 435. The minimum absolute atomic E-state index is 0.00351. The molecule has 0 aliphatic rings. The number of benzene rings is 1. The van der Waals surface area contributed by atoms with Gasteiger partial charge in [-0.1, -0.05) is 31.5 Å². The number of aliphatic carboxylic acids is 1. The molecule has 0 bridgehead atoms. The van der Waals surface area contributed by atoms with E-state index in [1.54, 1.807) is 12.1 Å². The Kier molecular flexibility index (Phi) is 4.48. The Morgan fingerprint density at radius 2 is 2.12 bits per heavy atom. The molecule has 3 nitrogen and oxygen atoms in total. The molecule has 3 N–H and O–H groups in total. The summed E-state index contributed by atoms with van der Waals surface area (Å²) in [6, 6.07) is 2.05. The quantitative estimate of drug-likeness (QED) is 0.873. The molecule has 1 rings (SSSR count). The van der Waals surface area contributed by atoms with E-state index in [9.17, 15) is 9.18 Å². The number of nitrogens with two attached hydrogens (primary N) is 1. The molecule has 1 atom stereocenters. The van der Waals surface area contributed by atoms with Crippen LogP contribution in [0.2, 0.25) is 5.02 Å². The van der Waals surface area contributed by atoms with Crippen LogP contribution in [0.5, 0.6) is 0 Å². The highest BCUT2D eigenvalue weighted by Gasteiger charge is 2.17. The van der Waals surface area contributed by atoms with Crippen LogP contribution in [0.25, 0.3) is 0 Å². The van der Waals surface area contributed by atoms with Gasteiger partial charge < -0.3 is 10.8 Å². The van der Waals surface area contributed by atoms with Crippen molar-refractivity contribution in [3.05, 3.63) is 34.1 Å². The van der Waals surface area contributed by atoms with Gasteiger partial charge in [-0.15, -0.1) is 0 Å². The van der Waals surface area contributed by atoms with Crippen LogP contribution in [-0.4, -0.2) is 17.1 Å². The normalized spacial score (nSPS) is 12.8. The number of rotatable bonds is 4. The van der Waals surface area contributed by atoms with Crippen LogP contribution in [0.3, 0.4) is 0 Å². The number of carboxylic acid groups (broad SMARTS) is 1. The third-order valence-corrected chi connectivity index (χ3v) is 2.82. The summed E-state index contributed by atoms with van der Waals surface area (Å²) < 4.78 is 13.7. The maximum Gasteiger partial charge on any atom is 0.320 e. The van der Waals surface area contributed by atoms with Crippen LogP contribution in [0, 0.1) is 5.82 Å². The summed E-state index contributed by atoms with van der Waals surface area (Å²) in [6.07, 6.45) is -0.0680. The van der Waals surface area contributed by atoms with E-state index in [1.807, 2.05) is 13.8 Å². The highest BCUT2D eigenvalue weighted by Crippen LogP contribution is 2.26. The van der Waals surface area contributed by atoms with Crippen LogP contribution in [-0.2, 0) is 11.2 Å². The molecule has 1 aromatic carbocycles. The lowest BCUT2D eigenvalue weighted by Gasteiger charge is -2.13. The van der Waals surface area contributed by atoms with Gasteiger partial charge in [-0.3, -0.25) is 4.79 Å². The van der Waals surface area contributed by atoms with E-state index < -0.39 is 17.8 Å². The van der Waals surface area contributed by atoms with Crippen LogP contribution in [0.1, 0.15) is 30.9 Å². The van der Waals surface area contributed by atoms with Gasteiger partial charge in [0.05, 0.1) is 5.02 Å². The van der Waals surface area contributed by atoms with Gasteiger partial charge in [-0.25, -0.2) is 4.39 Å². The van der Waals surface area contributed by atoms with Crippen molar-refractivity contribution >= 4 is 17.6 Å². The predicted molar refractivity (Wildman–Crippen MR) is 64.8 cm³/mol. The molecule has 1 aromatic rings. The van der Waals surface area contributed by atoms with E-state index in [0.29, 0.717) is 0 Å². The van der Waals surface area contributed by atoms with Crippen molar-refractivity contribution in [3.8, 4) is 0 Å². The molecule has 0 spiro atoms. The molecule has 0 aliphatic heterocycles. The molecular formula is C12H15ClFNO2. The van der Waals surface area contributed by atoms with Crippen LogP contribution in [0.15, 0.2) is 12.1 Å². The Morgan fingerprint density at radius 1 is 1.53 bits per heavy atom. The molecule has 1 unspecified atom stereocenters. The first kappa shape index (κ1) is 13.9. The van der Waals surface area contributed by atoms with Crippen molar-refractivity contribution in [3.63, 3.8) is 0 Å². The van der Waals surface area contributed by atoms with E-state index >= 15 is 0 Å². The number of hydrogen-bond donors (Lipinski definition) is 2. The number of hydrogen-bond acceptors (Lipinski definition) is 2. The minimum atomic E-state index is -1.16. The molecule has 0 radical (unpaired) electrons. The highest BCUT2D eigenvalue weighted by molar-refractivity contribution is 6.30. The van der Waals surface area contributed by atoms with Gasteiger partial charge in [0, 0.05) is 6.42 Å². The topological polar surface area (TPSA) is 63.3 Å². The summed E-state index contributed by atoms with van der Waals surface area (Å²) in [6.45, 7) is 3.90. The molecule has 0 heterocycles. The van der Waals surface area contributed by atoms with Gasteiger partial charge in [0.25, 0.3) is 0 Å². The molecule has 0 saturated heterocycles. The smallest absolute Gasteiger partial charge is 0.320 e. The largest absolute Gasteiger partial charge is 0.480 e. The van der Waals surface area contributed by atoms with E-state index in [4.69, 9.17) is 22.4 Å². The predicted octanol–water partition coefficient (Wildman–Crippen LogP) is 2.56. The second kappa shape index (κ2) is 5.47. The fourth-order valence-electron chi connectivity index (χ4n) is 1.48. The summed E-state index contributed by atoms with van der Waals surface area (Å²) >= 11 is 5.76. The lowest BCUT2D eigenvalue weighted by Crippen LogP contribution is -2.32. The van der Waals surface area contributed by atoms with Crippen LogP contribution >= 0.6 is 11.6 Å². The van der Waals surface area contributed by atoms with Crippen molar-refractivity contribution in [1.29, 1.82) is 0 Å². The van der Waals surface area contributed by atoms with Crippen molar-refractivity contribution in [2.24, 2.45) is 5.73 Å². The average Bonchev–Trinajstić information content (AvgIpc) is 2.23. The van der Waals surface area contributed by atoms with Gasteiger partial charge in [0.2, 0.25) is 0 Å². The minimum Gasteiger partial charge on any atom is -0.480 e. The summed E-state index contributed by atoms with van der Waals surface area (Å²) in [4.78, 5) is 10.6. The van der Waals surface area contributed by atoms with Gasteiger partial charge >= 0.3 is 5.97 Å². The van der Waals surface area contributed by atoms with E-state index in [1.165, 1.54) is 0 Å². The maximum atomic E-state index is 13.7. The molecule has 17 heavy (non-hydrogen) atoms. The first-order chi connectivity index (χ1) is 7.82. The van der Waals surface area contributed by atoms with E-state index in [0.717, 1.165) is 5.56 Å². The maximum absolute atomic E-state index is 13.7. The molecule has 5 heteroatoms. The summed E-state index contributed by atoms with van der Waals surface area (Å²) in [5.74, 6) is -1.56. The second-order valence-corrected chi connectivity index (χ2v) is 4.69. The SMILES string of the molecule is CC(C)c1cc(Cl)c(F)c(CC(N)C(=O)O)c1. The summed E-state index contributed by atoms with van der Waals surface area (Å²) in [7, 11) is 0. The standard InChI is InChI=1S/C12H15ClFNO2/c1-6(2)7-3-8(5-10(15)12(16)17)11(14)9(13)4-7/h3-4,6,10H,5,15H2,1-2H3,(H,16,17). The Hall–Kier alpha value is -1.13. The fraction of sp³-hybridized carbons (Fsp3) is 0.417. The second-order valence-electron chi connectivity index (χ2n) is 4.28. The summed E-state index contributed by atoms with van der Waals surface area (Å²) in [5.41, 5.74) is 6.50. The fourth-order valence-corrected chi connectivity index (χ4v) is 1.72. The van der Waals surface area contributed by atoms with Gasteiger partial charge in [-0.05, 0) is 23.1 Å². The zero-order valence-corrected chi connectivity index (χ0v) is 10.5. The Balaban J connectivity index is 3.09. The molecule has 0 fully saturated rings. The van der Waals surface area contributed by atoms with E-state index in [-0.39, 0.29) is 22.9 Å². The highest BCUT2D eigenvalue weighted by atomic mass is 35.5. The monoisotopic (exact) mass is 259 g/mol. The van der Waals surface area contributed by atoms with Crippen LogP contribution in [0.4, 0.5) is 4.39 Å². The number of carboxylic acids is 1. The Labute approximate surface area is 104 Å². The summed E-state index contributed by atoms with van der Waals surface area (Å²) in [5, 5.41) is 8.71. The molecule has 0 aliphatic carbocycles. The number of halogens is 2. The van der Waals surface area contributed by atoms with Crippen molar-refractivity contribution in [2.75, 3.05) is 0 Å². The number of carbonyl (C=O) groups is 1. The lowest BCUT2D eigenvalue weighted by atomic mass is 9.97. The van der Waals surface area contributed by atoms with Gasteiger partial charge in [-0.2, -0.15) is 0 Å². The molecule has 0 aromatic heterocycles. The van der Waals surface area contributed by atoms with Gasteiger partial charge in [0.1, 0.15) is 11.9 Å². The lowest BCUT2D eigenvalue weighted by molar-refractivity contribution is -0.138. The first-order valence-corrected chi connectivity index (χ1v) is 5.67. The molecule has 0 amide bonds. The van der Waals surface area contributed by atoms with Crippen molar-refractivity contribution in [2.45, 2.75) is 32.2 Å². The van der Waals surface area contributed by atoms with Crippen molar-refractivity contribution < 1.29 is 14.3 Å². The van der Waals surface area contributed by atoms with Crippen molar-refractivity contribution in [1.82, 2.24) is 0 Å². The van der Waals surface area contributed by atoms with Gasteiger partial charge in [0.15, 0.2) is 0 Å². The zero-order valence-electron chi connectivity index (χ0n) is 9.71. The molecular weight excluding hydrogens is 245 g/mol. The van der Waals surface area contributed by atoms with E-state index in [2.05, 4.69) is 0 Å². The van der Waals surface area contributed by atoms with Crippen LogP contribution < -0.4 is 5.73 Å². The molecule has 94 valence electrons.